The highest BCUT2D eigenvalue weighted by atomic mass is 32.2. The van der Waals surface area contributed by atoms with Gasteiger partial charge in [-0.05, 0) is 43.0 Å². The Morgan fingerprint density at radius 2 is 1.86 bits per heavy atom. The highest BCUT2D eigenvalue weighted by Gasteiger charge is 2.12. The molecule has 2 aromatic rings. The number of anilines is 1. The van der Waals surface area contributed by atoms with E-state index in [4.69, 9.17) is 0 Å². The summed E-state index contributed by atoms with van der Waals surface area (Å²) in [6, 6.07) is 11.6. The second kappa shape index (κ2) is 6.41. The van der Waals surface area contributed by atoms with Gasteiger partial charge in [0.1, 0.15) is 0 Å². The van der Waals surface area contributed by atoms with E-state index in [2.05, 4.69) is 5.32 Å². The van der Waals surface area contributed by atoms with Crippen LogP contribution < -0.4 is 5.32 Å². The molecule has 21 heavy (non-hydrogen) atoms. The van der Waals surface area contributed by atoms with Crippen molar-refractivity contribution in [2.45, 2.75) is 11.8 Å². The second-order valence-corrected chi connectivity index (χ2v) is 5.32. The molecule has 0 heterocycles. The molecule has 0 aliphatic rings. The van der Waals surface area contributed by atoms with E-state index < -0.39 is 4.92 Å². The molecule has 2 aromatic carbocycles. The van der Waals surface area contributed by atoms with Gasteiger partial charge in [0.2, 0.25) is 0 Å². The maximum atomic E-state index is 12.2. The lowest BCUT2D eigenvalue weighted by Gasteiger charge is -2.08. The Labute approximate surface area is 126 Å². The normalized spacial score (nSPS) is 10.2. The van der Waals surface area contributed by atoms with Crippen molar-refractivity contribution in [1.29, 1.82) is 0 Å². The lowest BCUT2D eigenvalue weighted by atomic mass is 10.1. The third-order valence-electron chi connectivity index (χ3n) is 3.03. The van der Waals surface area contributed by atoms with Crippen molar-refractivity contribution in [2.24, 2.45) is 0 Å². The van der Waals surface area contributed by atoms with Gasteiger partial charge in [-0.15, -0.1) is 11.8 Å². The molecule has 0 bridgehead atoms. The Balaban J connectivity index is 2.22. The first-order valence-electron chi connectivity index (χ1n) is 6.21. The summed E-state index contributed by atoms with van der Waals surface area (Å²) in [5.41, 5.74) is 1.69. The zero-order valence-electron chi connectivity index (χ0n) is 11.6. The van der Waals surface area contributed by atoms with Gasteiger partial charge in [-0.2, -0.15) is 0 Å². The van der Waals surface area contributed by atoms with Gasteiger partial charge >= 0.3 is 0 Å². The maximum Gasteiger partial charge on any atom is 0.271 e. The summed E-state index contributed by atoms with van der Waals surface area (Å²) in [7, 11) is 0. The van der Waals surface area contributed by atoms with Crippen molar-refractivity contribution in [2.75, 3.05) is 11.6 Å². The number of amides is 1. The quantitative estimate of drug-likeness (QED) is 0.528. The van der Waals surface area contributed by atoms with Crippen LogP contribution in [-0.4, -0.2) is 17.1 Å². The topological polar surface area (TPSA) is 72.2 Å². The van der Waals surface area contributed by atoms with E-state index in [1.54, 1.807) is 36.9 Å². The van der Waals surface area contributed by atoms with Gasteiger partial charge in [0.15, 0.2) is 0 Å². The minimum absolute atomic E-state index is 0.0476. The summed E-state index contributed by atoms with van der Waals surface area (Å²) >= 11 is 1.59. The number of non-ortho nitro benzene ring substituents is 1. The summed E-state index contributed by atoms with van der Waals surface area (Å²) in [5.74, 6) is -0.286. The number of nitro benzene ring substituents is 1. The highest BCUT2D eigenvalue weighted by molar-refractivity contribution is 7.98. The molecular formula is C15H14N2O3S. The van der Waals surface area contributed by atoms with Crippen LogP contribution in [-0.2, 0) is 0 Å². The fourth-order valence-electron chi connectivity index (χ4n) is 1.80. The lowest BCUT2D eigenvalue weighted by molar-refractivity contribution is -0.384. The van der Waals surface area contributed by atoms with E-state index in [0.29, 0.717) is 11.3 Å². The van der Waals surface area contributed by atoms with Gasteiger partial charge in [-0.25, -0.2) is 0 Å². The highest BCUT2D eigenvalue weighted by Crippen LogP contribution is 2.23. The molecule has 0 spiro atoms. The molecule has 0 saturated heterocycles. The van der Waals surface area contributed by atoms with Gasteiger partial charge < -0.3 is 5.32 Å². The van der Waals surface area contributed by atoms with Crippen molar-refractivity contribution >= 4 is 29.0 Å². The molecule has 0 fully saturated rings. The van der Waals surface area contributed by atoms with Gasteiger partial charge in [-0.1, -0.05) is 6.07 Å². The third-order valence-corrected chi connectivity index (χ3v) is 3.78. The number of thioether (sulfide) groups is 1. The molecule has 0 aliphatic carbocycles. The molecule has 5 nitrogen and oxygen atoms in total. The van der Waals surface area contributed by atoms with Crippen molar-refractivity contribution in [3.05, 3.63) is 63.7 Å². The summed E-state index contributed by atoms with van der Waals surface area (Å²) in [6.07, 6.45) is 1.96. The van der Waals surface area contributed by atoms with Gasteiger partial charge in [-0.3, -0.25) is 14.9 Å². The average Bonchev–Trinajstić information content (AvgIpc) is 2.49. The number of benzene rings is 2. The number of hydrogen-bond acceptors (Lipinski definition) is 4. The molecule has 0 radical (unpaired) electrons. The molecule has 1 N–H and O–H groups in total. The Morgan fingerprint density at radius 1 is 1.19 bits per heavy atom. The van der Waals surface area contributed by atoms with Crippen molar-refractivity contribution < 1.29 is 9.72 Å². The number of hydrogen-bond donors (Lipinski definition) is 1. The zero-order chi connectivity index (χ0) is 15.4. The fraction of sp³-hybridized carbons (Fsp3) is 0.133. The van der Waals surface area contributed by atoms with Crippen LogP contribution >= 0.6 is 11.8 Å². The van der Waals surface area contributed by atoms with Crippen LogP contribution in [0.15, 0.2) is 47.4 Å². The number of rotatable bonds is 4. The van der Waals surface area contributed by atoms with Gasteiger partial charge in [0.05, 0.1) is 10.6 Å². The third kappa shape index (κ3) is 3.61. The SMILES string of the molecule is CSc1ccc(C(=O)Nc2cc([N+](=O)[O-])ccc2C)cc1. The zero-order valence-corrected chi connectivity index (χ0v) is 12.4. The smallest absolute Gasteiger partial charge is 0.271 e. The maximum absolute atomic E-state index is 12.2. The number of nitrogens with one attached hydrogen (secondary N) is 1. The number of aryl methyl sites for hydroxylation is 1. The first-order chi connectivity index (χ1) is 10.0. The number of nitrogens with zero attached hydrogens (tertiary/aromatic N) is 1. The predicted octanol–water partition coefficient (Wildman–Crippen LogP) is 3.88. The first kappa shape index (κ1) is 15.1. The monoisotopic (exact) mass is 302 g/mol. The van der Waals surface area contributed by atoms with Crippen LogP contribution in [0.3, 0.4) is 0 Å². The standard InChI is InChI=1S/C15H14N2O3S/c1-10-3-6-12(17(19)20)9-14(10)16-15(18)11-4-7-13(21-2)8-5-11/h3-9H,1-2H3,(H,16,18). The van der Waals surface area contributed by atoms with Crippen LogP contribution in [0, 0.1) is 17.0 Å². The molecule has 0 aliphatic heterocycles. The fourth-order valence-corrected chi connectivity index (χ4v) is 2.20. The Bertz CT molecular complexity index is 684. The van der Waals surface area contributed by atoms with E-state index in [1.165, 1.54) is 12.1 Å². The van der Waals surface area contributed by atoms with E-state index >= 15 is 0 Å². The van der Waals surface area contributed by atoms with E-state index in [9.17, 15) is 14.9 Å². The van der Waals surface area contributed by atoms with Crippen LogP contribution in [0.4, 0.5) is 11.4 Å². The largest absolute Gasteiger partial charge is 0.321 e. The molecule has 0 atom stereocenters. The second-order valence-electron chi connectivity index (χ2n) is 4.44. The van der Waals surface area contributed by atoms with Gasteiger partial charge in [0, 0.05) is 22.6 Å². The Kier molecular flexibility index (Phi) is 4.59. The van der Waals surface area contributed by atoms with E-state index in [1.807, 2.05) is 18.4 Å². The molecule has 0 aromatic heterocycles. The molecule has 2 rings (SSSR count). The predicted molar refractivity (Wildman–Crippen MR) is 84.0 cm³/mol. The summed E-state index contributed by atoms with van der Waals surface area (Å²) in [5, 5.41) is 13.5. The molecule has 0 saturated carbocycles. The summed E-state index contributed by atoms with van der Waals surface area (Å²) in [4.78, 5) is 23.5. The van der Waals surface area contributed by atoms with Crippen LogP contribution in [0.25, 0.3) is 0 Å². The summed E-state index contributed by atoms with van der Waals surface area (Å²) in [6.45, 7) is 1.79. The minimum Gasteiger partial charge on any atom is -0.321 e. The molecule has 108 valence electrons. The summed E-state index contributed by atoms with van der Waals surface area (Å²) < 4.78 is 0. The van der Waals surface area contributed by atoms with Crippen molar-refractivity contribution in [3.63, 3.8) is 0 Å². The minimum atomic E-state index is -0.484. The number of nitro groups is 1. The van der Waals surface area contributed by atoms with Gasteiger partial charge in [0.25, 0.3) is 11.6 Å². The average molecular weight is 302 g/mol. The number of carbonyl (C=O) groups excluding carboxylic acids is 1. The lowest BCUT2D eigenvalue weighted by Crippen LogP contribution is -2.12. The van der Waals surface area contributed by atoms with Crippen molar-refractivity contribution in [1.82, 2.24) is 0 Å². The Morgan fingerprint density at radius 3 is 2.43 bits per heavy atom. The Hall–Kier alpha value is -2.34. The van der Waals surface area contributed by atoms with E-state index in [-0.39, 0.29) is 11.6 Å². The molecular weight excluding hydrogens is 288 g/mol. The first-order valence-corrected chi connectivity index (χ1v) is 7.44. The van der Waals surface area contributed by atoms with Crippen LogP contribution in [0.5, 0.6) is 0 Å². The van der Waals surface area contributed by atoms with Crippen LogP contribution in [0.1, 0.15) is 15.9 Å². The number of carbonyl (C=O) groups is 1. The molecule has 6 heteroatoms. The molecule has 0 unspecified atom stereocenters. The van der Waals surface area contributed by atoms with E-state index in [0.717, 1.165) is 10.5 Å². The van der Waals surface area contributed by atoms with Crippen LogP contribution in [0.2, 0.25) is 0 Å². The van der Waals surface area contributed by atoms with Crippen molar-refractivity contribution in [3.8, 4) is 0 Å². The molecule has 1 amide bonds.